The zero-order valence-corrected chi connectivity index (χ0v) is 15.3. The third-order valence-electron chi connectivity index (χ3n) is 3.68. The molecule has 2 rings (SSSR count). The van der Waals surface area contributed by atoms with Crippen molar-refractivity contribution in [3.8, 4) is 5.75 Å². The molecule has 2 N–H and O–H groups in total. The Morgan fingerprint density at radius 2 is 1.83 bits per heavy atom. The summed E-state index contributed by atoms with van der Waals surface area (Å²) < 4.78 is 32.7. The average Bonchev–Trinajstić information content (AvgIpc) is 2.53. The van der Waals surface area contributed by atoms with E-state index in [-0.39, 0.29) is 17.2 Å². The monoisotopic (exact) mass is 369 g/mol. The van der Waals surface area contributed by atoms with E-state index in [0.29, 0.717) is 10.6 Å². The first-order chi connectivity index (χ1) is 11.2. The number of benzene rings is 2. The minimum Gasteiger partial charge on any atom is -0.495 e. The highest BCUT2D eigenvalue weighted by Crippen LogP contribution is 2.26. The zero-order valence-electron chi connectivity index (χ0n) is 13.7. The van der Waals surface area contributed by atoms with Gasteiger partial charge in [-0.05, 0) is 49.2 Å². The number of hydrogen-bond donors (Lipinski definition) is 2. The Morgan fingerprint density at radius 3 is 2.42 bits per heavy atom. The van der Waals surface area contributed by atoms with Gasteiger partial charge in [-0.1, -0.05) is 29.8 Å². The second-order valence-electron chi connectivity index (χ2n) is 5.76. The maximum Gasteiger partial charge on any atom is 0.244 e. The van der Waals surface area contributed by atoms with Gasteiger partial charge in [0.1, 0.15) is 16.2 Å². The number of methoxy groups -OCH3 is 1. The van der Waals surface area contributed by atoms with Gasteiger partial charge in [-0.25, -0.2) is 13.1 Å². The molecule has 130 valence electrons. The second kappa shape index (κ2) is 7.11. The van der Waals surface area contributed by atoms with Crippen molar-refractivity contribution < 1.29 is 18.3 Å². The van der Waals surface area contributed by atoms with Crippen LogP contribution in [0.2, 0.25) is 5.02 Å². The van der Waals surface area contributed by atoms with Crippen LogP contribution in [0.1, 0.15) is 18.1 Å². The number of aryl methyl sites for hydroxylation is 1. The van der Waals surface area contributed by atoms with E-state index in [1.54, 1.807) is 43.3 Å². The van der Waals surface area contributed by atoms with Crippen LogP contribution < -0.4 is 9.46 Å². The predicted molar refractivity (Wildman–Crippen MR) is 93.9 cm³/mol. The van der Waals surface area contributed by atoms with Crippen molar-refractivity contribution in [3.05, 3.63) is 58.6 Å². The largest absolute Gasteiger partial charge is 0.495 e. The molecule has 7 heteroatoms. The second-order valence-corrected chi connectivity index (χ2v) is 7.93. The van der Waals surface area contributed by atoms with Crippen LogP contribution in [-0.2, 0) is 15.6 Å². The number of rotatable bonds is 6. The average molecular weight is 370 g/mol. The van der Waals surface area contributed by atoms with E-state index in [1.165, 1.54) is 20.1 Å². The Balaban J connectivity index is 2.24. The Labute approximate surface area is 147 Å². The maximum atomic E-state index is 12.6. The van der Waals surface area contributed by atoms with Gasteiger partial charge < -0.3 is 9.84 Å². The number of sulfonamides is 1. The lowest BCUT2D eigenvalue weighted by Crippen LogP contribution is -2.38. The molecule has 5 nitrogen and oxygen atoms in total. The SMILES string of the molecule is COc1ccc(C)cc1S(=O)(=O)NCC(C)(O)c1ccc(Cl)cc1. The third-order valence-corrected chi connectivity index (χ3v) is 5.36. The van der Waals surface area contributed by atoms with Gasteiger partial charge in [-0.2, -0.15) is 0 Å². The van der Waals surface area contributed by atoms with Gasteiger partial charge in [0.05, 0.1) is 7.11 Å². The fraction of sp³-hybridized carbons (Fsp3) is 0.294. The van der Waals surface area contributed by atoms with Crippen LogP contribution >= 0.6 is 11.6 Å². The summed E-state index contributed by atoms with van der Waals surface area (Å²) in [4.78, 5) is 0.0388. The molecule has 0 aromatic heterocycles. The van der Waals surface area contributed by atoms with Crippen molar-refractivity contribution in [1.82, 2.24) is 4.72 Å². The number of ether oxygens (including phenoxy) is 1. The molecular formula is C17H20ClNO4S. The van der Waals surface area contributed by atoms with Crippen molar-refractivity contribution in [1.29, 1.82) is 0 Å². The number of halogens is 1. The van der Waals surface area contributed by atoms with Crippen molar-refractivity contribution in [2.24, 2.45) is 0 Å². The molecule has 0 spiro atoms. The van der Waals surface area contributed by atoms with Gasteiger partial charge in [0.15, 0.2) is 0 Å². The van der Waals surface area contributed by atoms with Crippen LogP contribution in [-0.4, -0.2) is 27.2 Å². The van der Waals surface area contributed by atoms with E-state index in [1.807, 2.05) is 0 Å². The normalized spacial score (nSPS) is 14.2. The highest BCUT2D eigenvalue weighted by molar-refractivity contribution is 7.89. The van der Waals surface area contributed by atoms with Crippen LogP contribution in [0.15, 0.2) is 47.4 Å². The van der Waals surface area contributed by atoms with E-state index in [9.17, 15) is 13.5 Å². The Bertz CT molecular complexity index is 817. The van der Waals surface area contributed by atoms with Gasteiger partial charge in [0.2, 0.25) is 10.0 Å². The van der Waals surface area contributed by atoms with Gasteiger partial charge in [-0.3, -0.25) is 0 Å². The predicted octanol–water partition coefficient (Wildman–Crippen LogP) is 2.84. The molecule has 1 unspecified atom stereocenters. The topological polar surface area (TPSA) is 75.6 Å². The standard InChI is InChI=1S/C17H20ClNO4S/c1-12-4-9-15(23-3)16(10-12)24(21,22)19-11-17(2,20)13-5-7-14(18)8-6-13/h4-10,19-20H,11H2,1-3H3. The van der Waals surface area contributed by atoms with Crippen LogP contribution in [0, 0.1) is 6.92 Å². The molecule has 0 heterocycles. The van der Waals surface area contributed by atoms with Gasteiger partial charge in [0, 0.05) is 11.6 Å². The Kier molecular flexibility index (Phi) is 5.55. The molecule has 2 aromatic rings. The number of nitrogens with one attached hydrogen (secondary N) is 1. The van der Waals surface area contributed by atoms with Crippen LogP contribution in [0.5, 0.6) is 5.75 Å². The van der Waals surface area contributed by atoms with E-state index in [0.717, 1.165) is 5.56 Å². The molecule has 24 heavy (non-hydrogen) atoms. The summed E-state index contributed by atoms with van der Waals surface area (Å²) in [6.07, 6.45) is 0. The van der Waals surface area contributed by atoms with E-state index < -0.39 is 15.6 Å². The Morgan fingerprint density at radius 1 is 1.21 bits per heavy atom. The van der Waals surface area contributed by atoms with Crippen molar-refractivity contribution >= 4 is 21.6 Å². The summed E-state index contributed by atoms with van der Waals surface area (Å²) in [7, 11) is -2.43. The summed E-state index contributed by atoms with van der Waals surface area (Å²) >= 11 is 5.83. The Hall–Kier alpha value is -1.60. The molecule has 0 radical (unpaired) electrons. The lowest BCUT2D eigenvalue weighted by atomic mass is 9.97. The summed E-state index contributed by atoms with van der Waals surface area (Å²) in [5.41, 5.74) is -0.0271. The molecule has 0 saturated carbocycles. The minimum atomic E-state index is -3.84. The molecule has 0 aliphatic rings. The van der Waals surface area contributed by atoms with Gasteiger partial charge >= 0.3 is 0 Å². The third kappa shape index (κ3) is 4.27. The summed E-state index contributed by atoms with van der Waals surface area (Å²) in [6.45, 7) is 3.14. The molecule has 0 saturated heterocycles. The highest BCUT2D eigenvalue weighted by atomic mass is 35.5. The van der Waals surface area contributed by atoms with Crippen molar-refractivity contribution in [2.75, 3.05) is 13.7 Å². The molecule has 1 atom stereocenters. The molecule has 0 aliphatic heterocycles. The lowest BCUT2D eigenvalue weighted by molar-refractivity contribution is 0.0627. The van der Waals surface area contributed by atoms with Crippen LogP contribution in [0.25, 0.3) is 0 Å². The zero-order chi connectivity index (χ0) is 18.0. The lowest BCUT2D eigenvalue weighted by Gasteiger charge is -2.24. The summed E-state index contributed by atoms with van der Waals surface area (Å²) in [6, 6.07) is 11.5. The first-order valence-electron chi connectivity index (χ1n) is 7.28. The molecular weight excluding hydrogens is 350 g/mol. The fourth-order valence-corrected chi connectivity index (χ4v) is 3.73. The highest BCUT2D eigenvalue weighted by Gasteiger charge is 2.27. The van der Waals surface area contributed by atoms with E-state index in [4.69, 9.17) is 16.3 Å². The van der Waals surface area contributed by atoms with Crippen molar-refractivity contribution in [3.63, 3.8) is 0 Å². The molecule has 0 amide bonds. The first kappa shape index (κ1) is 18.7. The van der Waals surface area contributed by atoms with E-state index >= 15 is 0 Å². The quantitative estimate of drug-likeness (QED) is 0.821. The van der Waals surface area contributed by atoms with Crippen LogP contribution in [0.3, 0.4) is 0 Å². The number of hydrogen-bond acceptors (Lipinski definition) is 4. The van der Waals surface area contributed by atoms with Gasteiger partial charge in [0.25, 0.3) is 0 Å². The van der Waals surface area contributed by atoms with E-state index in [2.05, 4.69) is 4.72 Å². The molecule has 2 aromatic carbocycles. The fourth-order valence-electron chi connectivity index (χ4n) is 2.22. The number of aliphatic hydroxyl groups is 1. The first-order valence-corrected chi connectivity index (χ1v) is 9.14. The van der Waals surface area contributed by atoms with Crippen LogP contribution in [0.4, 0.5) is 0 Å². The van der Waals surface area contributed by atoms with Gasteiger partial charge in [-0.15, -0.1) is 0 Å². The minimum absolute atomic E-state index is 0.0388. The molecule has 0 aliphatic carbocycles. The smallest absolute Gasteiger partial charge is 0.244 e. The summed E-state index contributed by atoms with van der Waals surface area (Å²) in [5, 5.41) is 11.1. The molecule has 0 fully saturated rings. The maximum absolute atomic E-state index is 12.6. The summed E-state index contributed by atoms with van der Waals surface area (Å²) in [5.74, 6) is 0.249. The van der Waals surface area contributed by atoms with Crippen molar-refractivity contribution in [2.45, 2.75) is 24.3 Å². The molecule has 0 bridgehead atoms.